The van der Waals surface area contributed by atoms with Crippen LogP contribution in [0.3, 0.4) is 0 Å². The quantitative estimate of drug-likeness (QED) is 0.0271. The van der Waals surface area contributed by atoms with Crippen LogP contribution in [0.25, 0.3) is 11.1 Å². The number of carbonyl (C=O) groups excluding carboxylic acids is 4. The van der Waals surface area contributed by atoms with Crippen LogP contribution < -0.4 is 20.1 Å². The number of hydrogen-bond donors (Lipinski definition) is 3. The van der Waals surface area contributed by atoms with Gasteiger partial charge in [0.05, 0.1) is 24.8 Å². The minimum Gasteiger partial charge on any atom is -0.489 e. The van der Waals surface area contributed by atoms with E-state index < -0.39 is 79.4 Å². The number of carboxylic acid groups (broad SMARTS) is 1. The number of anilines is 1. The predicted molar refractivity (Wildman–Crippen MR) is 270 cm³/mol. The second kappa shape index (κ2) is 22.8. The number of ether oxygens (including phenoxy) is 5. The maximum Gasteiger partial charge on any atom is 0.413 e. The Balaban J connectivity index is 1.59. The lowest BCUT2D eigenvalue weighted by Crippen LogP contribution is -2.57. The van der Waals surface area contributed by atoms with E-state index in [-0.39, 0.29) is 34.4 Å². The highest BCUT2D eigenvalue weighted by Crippen LogP contribution is 2.37. The highest BCUT2D eigenvalue weighted by molar-refractivity contribution is 7.14. The van der Waals surface area contributed by atoms with E-state index >= 15 is 0 Å². The Morgan fingerprint density at radius 2 is 1.41 bits per heavy atom. The molecule has 1 aliphatic heterocycles. The van der Waals surface area contributed by atoms with Gasteiger partial charge in [0.1, 0.15) is 46.6 Å². The molecule has 71 heavy (non-hydrogen) atoms. The summed E-state index contributed by atoms with van der Waals surface area (Å²) < 4.78 is 39.1. The average Bonchev–Trinajstić information content (AvgIpc) is 3.79. The molecular formula is C49H76N7O13SSi+. The topological polar surface area (TPSA) is 232 Å². The normalized spacial score (nSPS) is 14.9. The van der Waals surface area contributed by atoms with Crippen LogP contribution in [0.2, 0.25) is 18.1 Å². The van der Waals surface area contributed by atoms with Gasteiger partial charge in [-0.1, -0.05) is 38.1 Å². The smallest absolute Gasteiger partial charge is 0.413 e. The van der Waals surface area contributed by atoms with Crippen LogP contribution in [-0.4, -0.2) is 125 Å². The molecule has 0 bridgehead atoms. The van der Waals surface area contributed by atoms with Crippen LogP contribution in [0.15, 0.2) is 47.2 Å². The number of aliphatic carboxylic acids is 1. The molecule has 1 aromatic carbocycles. The Hall–Kier alpha value is -5.74. The van der Waals surface area contributed by atoms with Gasteiger partial charge in [0.25, 0.3) is 6.10 Å². The van der Waals surface area contributed by atoms with Crippen molar-refractivity contribution in [2.24, 2.45) is 11.1 Å². The van der Waals surface area contributed by atoms with Gasteiger partial charge in [0, 0.05) is 24.4 Å². The van der Waals surface area contributed by atoms with E-state index in [9.17, 15) is 29.1 Å². The summed E-state index contributed by atoms with van der Waals surface area (Å²) in [6.45, 7) is 33.7. The molecule has 4 rings (SSSR count). The van der Waals surface area contributed by atoms with Crippen LogP contribution in [-0.2, 0) is 50.9 Å². The number of hydrogen-bond acceptors (Lipinski definition) is 15. The zero-order chi connectivity index (χ0) is 53.5. The highest BCUT2D eigenvalue weighted by Gasteiger charge is 2.41. The number of esters is 1. The summed E-state index contributed by atoms with van der Waals surface area (Å²) in [5, 5.41) is 20.5. The summed E-state index contributed by atoms with van der Waals surface area (Å²) >= 11 is 0.943. The first kappa shape index (κ1) is 57.8. The molecule has 3 amide bonds. The van der Waals surface area contributed by atoms with Gasteiger partial charge in [0.15, 0.2) is 20.0 Å². The third-order valence-electron chi connectivity index (χ3n) is 10.6. The van der Waals surface area contributed by atoms with Gasteiger partial charge in [-0.05, 0) is 119 Å². The van der Waals surface area contributed by atoms with Gasteiger partial charge in [-0.25, -0.2) is 29.0 Å². The van der Waals surface area contributed by atoms with Crippen molar-refractivity contribution in [3.05, 3.63) is 47.7 Å². The Bertz CT molecular complexity index is 2360. The summed E-state index contributed by atoms with van der Waals surface area (Å²) in [6.07, 6.45) is 0.443. The number of rotatable bonds is 18. The molecule has 22 heteroatoms. The number of carbonyl (C=O) groups is 5. The average molecular weight is 1030 g/mol. The molecule has 2 unspecified atom stereocenters. The van der Waals surface area contributed by atoms with E-state index in [1.165, 1.54) is 5.38 Å². The lowest BCUT2D eigenvalue weighted by Gasteiger charge is -2.39. The number of benzene rings is 1. The van der Waals surface area contributed by atoms with E-state index in [0.29, 0.717) is 31.9 Å². The molecule has 2 atom stereocenters. The zero-order valence-electron chi connectivity index (χ0n) is 44.5. The predicted octanol–water partition coefficient (Wildman–Crippen LogP) is 8.62. The molecule has 3 N–H and O–H groups in total. The maximum absolute atomic E-state index is 13.4. The van der Waals surface area contributed by atoms with Gasteiger partial charge in [-0.2, -0.15) is 4.68 Å². The molecule has 3 heterocycles. The number of oxime groups is 1. The molecule has 0 aliphatic carbocycles. The molecule has 394 valence electrons. The number of likely N-dealkylation sites (tertiary alicyclic amines) is 1. The highest BCUT2D eigenvalue weighted by atomic mass is 32.1. The molecule has 0 saturated carbocycles. The monoisotopic (exact) mass is 1030 g/mol. The SMILES string of the molecule is CC(C)(C)OC(=O)NCC(C[n+]1cc(-c2ccc(OCC(O/N=C(\C(=O)O)c3csc(NC(=O)OC(C)(C)C)n3)C(=O)OC(C)(C)C)cc2)cn1CC1CN(C(=O)OC(C)(C)C)C1)O[Si](C)(C)C(C)(C)C. The lowest BCUT2D eigenvalue weighted by atomic mass is 10.0. The molecule has 1 saturated heterocycles. The Kier molecular flexibility index (Phi) is 18.5. The van der Waals surface area contributed by atoms with Gasteiger partial charge in [0.2, 0.25) is 11.9 Å². The molecule has 20 nitrogen and oxygen atoms in total. The number of carboxylic acids is 1. The molecule has 1 fully saturated rings. The van der Waals surface area contributed by atoms with Crippen molar-refractivity contribution in [3.63, 3.8) is 0 Å². The molecule has 0 spiro atoms. The van der Waals surface area contributed by atoms with E-state index in [1.54, 1.807) is 58.6 Å². The van der Waals surface area contributed by atoms with Crippen LogP contribution in [0.5, 0.6) is 5.75 Å². The Labute approximate surface area is 422 Å². The maximum atomic E-state index is 13.4. The fourth-order valence-electron chi connectivity index (χ4n) is 6.42. The van der Waals surface area contributed by atoms with Crippen LogP contribution in [0.1, 0.15) is 110 Å². The number of thiazole rings is 1. The van der Waals surface area contributed by atoms with Crippen LogP contribution in [0, 0.1) is 5.92 Å². The minimum atomic E-state index is -2.34. The van der Waals surface area contributed by atoms with Gasteiger partial charge >= 0.3 is 30.2 Å². The number of amides is 3. The fourth-order valence-corrected chi connectivity index (χ4v) is 8.44. The summed E-state index contributed by atoms with van der Waals surface area (Å²) in [5.41, 5.74) is -2.05. The van der Waals surface area contributed by atoms with E-state index in [1.807, 2.05) is 66.1 Å². The molecule has 3 aromatic rings. The van der Waals surface area contributed by atoms with E-state index in [2.05, 4.69) is 64.0 Å². The fraction of sp³-hybridized carbons (Fsp3) is 0.633. The van der Waals surface area contributed by atoms with Crippen molar-refractivity contribution >= 4 is 60.7 Å². The second-order valence-electron chi connectivity index (χ2n) is 23.0. The third kappa shape index (κ3) is 19.1. The summed E-state index contributed by atoms with van der Waals surface area (Å²) in [6, 6.07) is 7.16. The van der Waals surface area contributed by atoms with Crippen LogP contribution in [0.4, 0.5) is 19.5 Å². The molecular weight excluding hydrogens is 955 g/mol. The van der Waals surface area contributed by atoms with Gasteiger partial charge < -0.3 is 48.3 Å². The number of alkyl carbamates (subject to hydrolysis) is 1. The second-order valence-corrected chi connectivity index (χ2v) is 28.6. The van der Waals surface area contributed by atoms with Crippen molar-refractivity contribution in [2.75, 3.05) is 31.6 Å². The number of nitrogens with one attached hydrogen (secondary N) is 2. The summed E-state index contributed by atoms with van der Waals surface area (Å²) in [7, 11) is -2.34. The lowest BCUT2D eigenvalue weighted by molar-refractivity contribution is -0.780. The number of aromatic nitrogens is 3. The summed E-state index contributed by atoms with van der Waals surface area (Å²) in [4.78, 5) is 75.0. The number of nitrogens with zero attached hydrogens (tertiary/aromatic N) is 5. The van der Waals surface area contributed by atoms with Crippen molar-refractivity contribution in [1.29, 1.82) is 0 Å². The van der Waals surface area contributed by atoms with Crippen molar-refractivity contribution in [1.82, 2.24) is 19.9 Å². The van der Waals surface area contributed by atoms with Crippen molar-refractivity contribution in [3.8, 4) is 16.9 Å². The third-order valence-corrected chi connectivity index (χ3v) is 15.9. The first-order valence-electron chi connectivity index (χ1n) is 23.6. The standard InChI is InChI=1S/C49H75N7O13SSi/c1-45(2,3)64-40(59)37(68-53-38(39(57)58)36-30-70-41(51-36)52-43(61)66-47(7,8)9)29-63-34-20-18-32(19-21-34)33-26-55(25-31-23-54(24-31)44(62)67-48(10,11)12)56(27-33)28-35(69-71(16,17)49(13,14)15)22-50-42(60)65-46(4,5)6/h18-21,26-27,30-31,35,37H,22-25,28-29H2,1-17H3,(H2-,50,51,52,57,58,60,61)/p+1/b53-38-. The molecule has 0 radical (unpaired) electrons. The molecule has 2 aromatic heterocycles. The largest absolute Gasteiger partial charge is 0.489 e. The van der Waals surface area contributed by atoms with Gasteiger partial charge in [-0.3, -0.25) is 5.32 Å². The molecule has 1 aliphatic rings. The van der Waals surface area contributed by atoms with Crippen molar-refractivity contribution < 1.29 is 66.7 Å². The van der Waals surface area contributed by atoms with Crippen molar-refractivity contribution in [2.45, 2.75) is 170 Å². The Morgan fingerprint density at radius 3 is 1.96 bits per heavy atom. The van der Waals surface area contributed by atoms with E-state index in [0.717, 1.165) is 22.5 Å². The summed E-state index contributed by atoms with van der Waals surface area (Å²) in [5.74, 6) is -1.84. The first-order valence-corrected chi connectivity index (χ1v) is 27.4. The van der Waals surface area contributed by atoms with Gasteiger partial charge in [-0.15, -0.1) is 16.0 Å². The van der Waals surface area contributed by atoms with Crippen LogP contribution >= 0.6 is 11.3 Å². The first-order chi connectivity index (χ1) is 32.5. The minimum absolute atomic E-state index is 0.0579. The van der Waals surface area contributed by atoms with E-state index in [4.69, 9.17) is 32.9 Å². The zero-order valence-corrected chi connectivity index (χ0v) is 46.3. The Morgan fingerprint density at radius 1 is 0.831 bits per heavy atom.